The number of aromatic nitrogens is 2. The number of nitrogens with zero attached hydrogens (tertiary/aromatic N) is 3. The number of Topliss-reactive ketones (excluding diaryl/α,β-unsaturated/α-hetero) is 1. The van der Waals surface area contributed by atoms with E-state index in [0.29, 0.717) is 37.4 Å². The predicted octanol–water partition coefficient (Wildman–Crippen LogP) is 5.84. The van der Waals surface area contributed by atoms with Gasteiger partial charge in [-0.1, -0.05) is 61.0 Å². The van der Waals surface area contributed by atoms with E-state index in [0.717, 1.165) is 23.1 Å². The van der Waals surface area contributed by atoms with E-state index < -0.39 is 17.7 Å². The van der Waals surface area contributed by atoms with Crippen LogP contribution < -0.4 is 4.74 Å². The molecule has 1 aliphatic heterocycles. The number of benzene rings is 3. The van der Waals surface area contributed by atoms with Crippen molar-refractivity contribution in [3.63, 3.8) is 0 Å². The number of likely N-dealkylation sites (tertiary alicyclic amines) is 1. The van der Waals surface area contributed by atoms with E-state index in [4.69, 9.17) is 4.74 Å². The highest BCUT2D eigenvalue weighted by Crippen LogP contribution is 2.39. The summed E-state index contributed by atoms with van der Waals surface area (Å²) in [7, 11) is 0. The molecule has 0 aliphatic carbocycles. The third kappa shape index (κ3) is 5.83. The second kappa shape index (κ2) is 12.0. The van der Waals surface area contributed by atoms with Crippen molar-refractivity contribution in [3.8, 4) is 5.75 Å². The number of imidazole rings is 1. The molecular weight excluding hydrogens is 502 g/mol. The Morgan fingerprint density at radius 1 is 0.975 bits per heavy atom. The Bertz CT molecular complexity index is 1510. The van der Waals surface area contributed by atoms with Crippen molar-refractivity contribution >= 4 is 17.4 Å². The highest BCUT2D eigenvalue weighted by molar-refractivity contribution is 6.46. The van der Waals surface area contributed by atoms with Gasteiger partial charge in [-0.2, -0.15) is 0 Å². The third-order valence-electron chi connectivity index (χ3n) is 7.23. The number of hydrogen-bond donors (Lipinski definition) is 1. The van der Waals surface area contributed by atoms with Crippen LogP contribution >= 0.6 is 0 Å². The van der Waals surface area contributed by atoms with Gasteiger partial charge in [0.2, 0.25) is 0 Å². The average Bonchev–Trinajstić information content (AvgIpc) is 3.58. The maximum Gasteiger partial charge on any atom is 0.295 e. The van der Waals surface area contributed by atoms with Crippen molar-refractivity contribution in [2.75, 3.05) is 6.54 Å². The quantitative estimate of drug-likeness (QED) is 0.157. The number of ether oxygens (including phenoxy) is 1. The molecule has 1 amide bonds. The van der Waals surface area contributed by atoms with Gasteiger partial charge in [0.05, 0.1) is 17.9 Å². The van der Waals surface area contributed by atoms with Gasteiger partial charge >= 0.3 is 0 Å². The number of carbonyl (C=O) groups is 2. The molecule has 1 fully saturated rings. The van der Waals surface area contributed by atoms with Crippen molar-refractivity contribution < 1.29 is 19.4 Å². The van der Waals surface area contributed by atoms with Crippen LogP contribution in [0.5, 0.6) is 5.75 Å². The van der Waals surface area contributed by atoms with Crippen LogP contribution in [-0.2, 0) is 29.2 Å². The van der Waals surface area contributed by atoms with Gasteiger partial charge in [0, 0.05) is 31.0 Å². The minimum absolute atomic E-state index is 0.102. The molecule has 40 heavy (non-hydrogen) atoms. The summed E-state index contributed by atoms with van der Waals surface area (Å²) in [5.41, 5.74) is 4.73. The number of aryl methyl sites for hydroxylation is 3. The SMILES string of the molecule is CCc1ccc(C2/C(=C(/O)c3ccc(OCc4cccc(C)c4)cc3)C(=O)C(=O)N2CCCn2ccnc2)cc1. The van der Waals surface area contributed by atoms with E-state index in [1.165, 1.54) is 5.56 Å². The molecule has 1 aliphatic rings. The van der Waals surface area contributed by atoms with Crippen LogP contribution in [-0.4, -0.2) is 37.8 Å². The fourth-order valence-corrected chi connectivity index (χ4v) is 5.07. The maximum atomic E-state index is 13.3. The molecule has 1 N–H and O–H groups in total. The first-order valence-corrected chi connectivity index (χ1v) is 13.6. The van der Waals surface area contributed by atoms with Crippen LogP contribution in [0, 0.1) is 6.92 Å². The first-order chi connectivity index (χ1) is 19.4. The lowest BCUT2D eigenvalue weighted by molar-refractivity contribution is -0.139. The van der Waals surface area contributed by atoms with Crippen molar-refractivity contribution in [2.45, 2.75) is 45.9 Å². The molecule has 4 aromatic rings. The molecule has 2 heterocycles. The summed E-state index contributed by atoms with van der Waals surface area (Å²) in [5.74, 6) is -0.825. The molecule has 1 unspecified atom stereocenters. The van der Waals surface area contributed by atoms with Gasteiger partial charge in [-0.05, 0) is 60.7 Å². The summed E-state index contributed by atoms with van der Waals surface area (Å²) >= 11 is 0. The molecule has 0 spiro atoms. The second-order valence-corrected chi connectivity index (χ2v) is 10.0. The largest absolute Gasteiger partial charge is 0.507 e. The number of aliphatic hydroxyl groups is 1. The summed E-state index contributed by atoms with van der Waals surface area (Å²) in [5, 5.41) is 11.4. The van der Waals surface area contributed by atoms with Gasteiger partial charge in [0.1, 0.15) is 18.1 Å². The van der Waals surface area contributed by atoms with Gasteiger partial charge in [-0.25, -0.2) is 4.98 Å². The van der Waals surface area contributed by atoms with E-state index >= 15 is 0 Å². The molecule has 7 nitrogen and oxygen atoms in total. The van der Waals surface area contributed by atoms with Crippen molar-refractivity contribution in [2.24, 2.45) is 0 Å². The smallest absolute Gasteiger partial charge is 0.295 e. The standard InChI is InChI=1S/C33H33N3O4/c1-3-24-8-10-26(11-9-24)30-29(32(38)33(39)36(30)18-5-17-35-19-16-34-22-35)31(37)27-12-14-28(15-13-27)40-21-25-7-4-6-23(2)20-25/h4,6-16,19-20,22,30,37H,3,5,17-18,21H2,1-2H3/b31-29-. The molecule has 3 aromatic carbocycles. The summed E-state index contributed by atoms with van der Waals surface area (Å²) in [6.07, 6.45) is 6.82. The predicted molar refractivity (Wildman–Crippen MR) is 154 cm³/mol. The first kappa shape index (κ1) is 26.9. The van der Waals surface area contributed by atoms with Gasteiger partial charge in [0.15, 0.2) is 0 Å². The maximum absolute atomic E-state index is 13.3. The number of rotatable bonds is 10. The summed E-state index contributed by atoms with van der Waals surface area (Å²) in [4.78, 5) is 32.2. The Balaban J connectivity index is 1.41. The monoisotopic (exact) mass is 535 g/mol. The molecule has 1 saturated heterocycles. The molecule has 5 rings (SSSR count). The van der Waals surface area contributed by atoms with E-state index in [-0.39, 0.29) is 11.3 Å². The highest BCUT2D eigenvalue weighted by atomic mass is 16.5. The number of carbonyl (C=O) groups excluding carboxylic acids is 2. The van der Waals surface area contributed by atoms with Crippen LogP contribution in [0.1, 0.15) is 47.2 Å². The lowest BCUT2D eigenvalue weighted by atomic mass is 9.94. The minimum atomic E-state index is -0.676. The average molecular weight is 536 g/mol. The normalized spacial score (nSPS) is 16.4. The molecule has 1 atom stereocenters. The molecule has 0 radical (unpaired) electrons. The van der Waals surface area contributed by atoms with Gasteiger partial charge < -0.3 is 19.3 Å². The lowest BCUT2D eigenvalue weighted by Gasteiger charge is -2.25. The summed E-state index contributed by atoms with van der Waals surface area (Å²) in [6.45, 7) is 5.56. The molecule has 0 bridgehead atoms. The Morgan fingerprint density at radius 3 is 2.42 bits per heavy atom. The van der Waals surface area contributed by atoms with Crippen molar-refractivity contribution in [1.29, 1.82) is 0 Å². The van der Waals surface area contributed by atoms with Crippen LogP contribution in [0.2, 0.25) is 0 Å². The zero-order valence-corrected chi connectivity index (χ0v) is 22.8. The van der Waals surface area contributed by atoms with Crippen molar-refractivity contribution in [3.05, 3.63) is 125 Å². The second-order valence-electron chi connectivity index (χ2n) is 10.0. The zero-order chi connectivity index (χ0) is 28.1. The molecule has 0 saturated carbocycles. The fourth-order valence-electron chi connectivity index (χ4n) is 5.07. The van der Waals surface area contributed by atoms with Crippen LogP contribution in [0.25, 0.3) is 5.76 Å². The van der Waals surface area contributed by atoms with Crippen LogP contribution in [0.15, 0.2) is 97.1 Å². The Labute approximate surface area is 234 Å². The van der Waals surface area contributed by atoms with Crippen molar-refractivity contribution in [1.82, 2.24) is 14.5 Å². The highest BCUT2D eigenvalue weighted by Gasteiger charge is 2.45. The van der Waals surface area contributed by atoms with Gasteiger partial charge in [-0.3, -0.25) is 9.59 Å². The first-order valence-electron chi connectivity index (χ1n) is 13.6. The Morgan fingerprint density at radius 2 is 1.75 bits per heavy atom. The molecular formula is C33H33N3O4. The summed E-state index contributed by atoms with van der Waals surface area (Å²) in [6, 6.07) is 22.3. The van der Waals surface area contributed by atoms with E-state index in [2.05, 4.69) is 18.0 Å². The Hall–Kier alpha value is -4.65. The zero-order valence-electron chi connectivity index (χ0n) is 22.8. The summed E-state index contributed by atoms with van der Waals surface area (Å²) < 4.78 is 7.85. The fraction of sp³-hybridized carbons (Fsp3) is 0.242. The van der Waals surface area contributed by atoms with Crippen LogP contribution in [0.3, 0.4) is 0 Å². The van der Waals surface area contributed by atoms with Gasteiger partial charge in [-0.15, -0.1) is 0 Å². The number of amides is 1. The van der Waals surface area contributed by atoms with E-state index in [1.54, 1.807) is 41.7 Å². The number of ketones is 1. The minimum Gasteiger partial charge on any atom is -0.507 e. The number of aliphatic hydroxyl groups excluding tert-OH is 1. The molecule has 1 aromatic heterocycles. The van der Waals surface area contributed by atoms with E-state index in [9.17, 15) is 14.7 Å². The topological polar surface area (TPSA) is 84.7 Å². The Kier molecular flexibility index (Phi) is 8.10. The number of hydrogen-bond acceptors (Lipinski definition) is 5. The molecule has 7 heteroatoms. The van der Waals surface area contributed by atoms with Gasteiger partial charge in [0.25, 0.3) is 11.7 Å². The molecule has 204 valence electrons. The van der Waals surface area contributed by atoms with Crippen LogP contribution in [0.4, 0.5) is 0 Å². The third-order valence-corrected chi connectivity index (χ3v) is 7.23. The lowest BCUT2D eigenvalue weighted by Crippen LogP contribution is -2.31. The van der Waals surface area contributed by atoms with E-state index in [1.807, 2.05) is 60.2 Å².